The van der Waals surface area contributed by atoms with Crippen LogP contribution in [-0.2, 0) is 13.0 Å². The van der Waals surface area contributed by atoms with Crippen molar-refractivity contribution in [2.75, 3.05) is 11.9 Å². The van der Waals surface area contributed by atoms with Crippen molar-refractivity contribution in [3.8, 4) is 0 Å². The third kappa shape index (κ3) is 4.83. The molecule has 158 valence electrons. The molecule has 2 aromatic heterocycles. The lowest BCUT2D eigenvalue weighted by atomic mass is 10.1. The number of hydrogen-bond donors (Lipinski definition) is 2. The molecule has 4 aromatic rings. The van der Waals surface area contributed by atoms with E-state index in [1.807, 2.05) is 74.5 Å². The van der Waals surface area contributed by atoms with E-state index >= 15 is 0 Å². The fourth-order valence-electron chi connectivity index (χ4n) is 3.44. The molecule has 0 aliphatic carbocycles. The molecule has 0 atom stereocenters. The van der Waals surface area contributed by atoms with Crippen LogP contribution in [0.15, 0.2) is 65.5 Å². The third-order valence-electron chi connectivity index (χ3n) is 5.25. The highest BCUT2D eigenvalue weighted by Gasteiger charge is 2.18. The zero-order chi connectivity index (χ0) is 21.8. The number of nitrogens with zero attached hydrogens (tertiary/aromatic N) is 2. The Balaban J connectivity index is 1.59. The Morgan fingerprint density at radius 1 is 1.06 bits per heavy atom. The van der Waals surface area contributed by atoms with Gasteiger partial charge >= 0.3 is 6.03 Å². The van der Waals surface area contributed by atoms with Crippen molar-refractivity contribution in [3.05, 3.63) is 92.8 Å². The Bertz CT molecular complexity index is 1250. The lowest BCUT2D eigenvalue weighted by Crippen LogP contribution is -2.37. The van der Waals surface area contributed by atoms with Gasteiger partial charge in [0.1, 0.15) is 10.7 Å². The molecule has 0 aliphatic heterocycles. The van der Waals surface area contributed by atoms with Crippen molar-refractivity contribution in [2.45, 2.75) is 26.8 Å². The van der Waals surface area contributed by atoms with Gasteiger partial charge in [-0.25, -0.2) is 9.78 Å². The molecule has 0 aliphatic rings. The number of aromatic amines is 1. The summed E-state index contributed by atoms with van der Waals surface area (Å²) in [5.41, 5.74) is 2.66. The monoisotopic (exact) mass is 432 g/mol. The first kappa shape index (κ1) is 20.8. The normalized spacial score (nSPS) is 10.9. The molecule has 2 aromatic carbocycles. The maximum absolute atomic E-state index is 13.0. The van der Waals surface area contributed by atoms with Crippen LogP contribution in [0.4, 0.5) is 10.5 Å². The van der Waals surface area contributed by atoms with E-state index in [-0.39, 0.29) is 18.1 Å². The number of fused-ring (bicyclic) bond motifs is 1. The first-order valence-corrected chi connectivity index (χ1v) is 11.0. The first-order chi connectivity index (χ1) is 15.0. The fourth-order valence-corrected chi connectivity index (χ4v) is 4.49. The molecule has 31 heavy (non-hydrogen) atoms. The molecule has 2 amide bonds. The van der Waals surface area contributed by atoms with Gasteiger partial charge < -0.3 is 15.2 Å². The molecule has 4 rings (SSSR count). The van der Waals surface area contributed by atoms with Gasteiger partial charge in [-0.15, -0.1) is 11.3 Å². The topological polar surface area (TPSA) is 78.1 Å². The summed E-state index contributed by atoms with van der Waals surface area (Å²) in [6.07, 6.45) is 0.701. The second-order valence-corrected chi connectivity index (χ2v) is 8.63. The largest absolute Gasteiger partial charge is 0.322 e. The zero-order valence-electron chi connectivity index (χ0n) is 17.5. The van der Waals surface area contributed by atoms with Crippen LogP contribution in [0.2, 0.25) is 0 Å². The smallest absolute Gasteiger partial charge is 0.317 e. The van der Waals surface area contributed by atoms with E-state index in [1.54, 1.807) is 4.90 Å². The number of thiophene rings is 1. The number of amides is 2. The van der Waals surface area contributed by atoms with E-state index < -0.39 is 0 Å². The summed E-state index contributed by atoms with van der Waals surface area (Å²) in [7, 11) is 0. The quantitative estimate of drug-likeness (QED) is 0.456. The minimum absolute atomic E-state index is 0.159. The number of carbonyl (C=O) groups is 1. The molecular weight excluding hydrogens is 408 g/mol. The van der Waals surface area contributed by atoms with Crippen molar-refractivity contribution in [3.63, 3.8) is 0 Å². The van der Waals surface area contributed by atoms with E-state index in [0.29, 0.717) is 29.0 Å². The first-order valence-electron chi connectivity index (χ1n) is 10.1. The third-order valence-corrected chi connectivity index (χ3v) is 6.36. The number of H-pyrrole nitrogens is 1. The van der Waals surface area contributed by atoms with Gasteiger partial charge in [-0.1, -0.05) is 48.5 Å². The zero-order valence-corrected chi connectivity index (χ0v) is 18.3. The maximum atomic E-state index is 13.0. The summed E-state index contributed by atoms with van der Waals surface area (Å²) in [5.74, 6) is 0.482. The van der Waals surface area contributed by atoms with Gasteiger partial charge in [-0.05, 0) is 43.5 Å². The van der Waals surface area contributed by atoms with Crippen LogP contribution in [0.5, 0.6) is 0 Å². The van der Waals surface area contributed by atoms with E-state index in [1.165, 1.54) is 11.3 Å². The van der Waals surface area contributed by atoms with Crippen molar-refractivity contribution in [1.82, 2.24) is 14.9 Å². The summed E-state index contributed by atoms with van der Waals surface area (Å²) in [5, 5.41) is 3.57. The number of para-hydroxylation sites is 1. The molecule has 0 saturated heterocycles. The Hall–Kier alpha value is -3.45. The van der Waals surface area contributed by atoms with Crippen LogP contribution >= 0.6 is 11.3 Å². The highest BCUT2D eigenvalue weighted by atomic mass is 32.1. The molecule has 0 fully saturated rings. The van der Waals surface area contributed by atoms with Crippen LogP contribution in [0.3, 0.4) is 0 Å². The van der Waals surface area contributed by atoms with Gasteiger partial charge in [0, 0.05) is 17.1 Å². The van der Waals surface area contributed by atoms with Crippen molar-refractivity contribution in [1.29, 1.82) is 0 Å². The number of rotatable bonds is 6. The molecular formula is C24H24N4O2S. The van der Waals surface area contributed by atoms with Gasteiger partial charge in [0.05, 0.1) is 11.9 Å². The molecule has 2 N–H and O–H groups in total. The average Bonchev–Trinajstić information content (AvgIpc) is 3.06. The predicted molar refractivity (Wildman–Crippen MR) is 126 cm³/mol. The summed E-state index contributed by atoms with van der Waals surface area (Å²) < 4.78 is 0. The minimum Gasteiger partial charge on any atom is -0.317 e. The van der Waals surface area contributed by atoms with Crippen LogP contribution in [0.1, 0.15) is 21.8 Å². The number of anilines is 1. The maximum Gasteiger partial charge on any atom is 0.322 e. The Morgan fingerprint density at radius 2 is 1.74 bits per heavy atom. The summed E-state index contributed by atoms with van der Waals surface area (Å²) >= 11 is 1.51. The lowest BCUT2D eigenvalue weighted by Gasteiger charge is -2.23. The van der Waals surface area contributed by atoms with Gasteiger partial charge in [0.25, 0.3) is 5.56 Å². The molecule has 0 bridgehead atoms. The van der Waals surface area contributed by atoms with E-state index in [0.717, 1.165) is 21.7 Å². The molecule has 7 heteroatoms. The van der Waals surface area contributed by atoms with Crippen LogP contribution < -0.4 is 10.9 Å². The summed E-state index contributed by atoms with van der Waals surface area (Å²) in [4.78, 5) is 36.7. The number of urea groups is 1. The minimum atomic E-state index is -0.233. The Morgan fingerprint density at radius 3 is 2.45 bits per heavy atom. The van der Waals surface area contributed by atoms with Crippen LogP contribution in [0.25, 0.3) is 10.2 Å². The number of hydrogen-bond acceptors (Lipinski definition) is 4. The standard InChI is InChI=1S/C24H24N4O2S/c1-16-17(2)31-23-21(16)22(29)26-20(27-23)15-28(14-13-18-9-5-3-6-10-18)24(30)25-19-11-7-4-8-12-19/h3-12H,13-15H2,1-2H3,(H,25,30)(H,26,27,29). The van der Waals surface area contributed by atoms with E-state index in [9.17, 15) is 9.59 Å². The van der Waals surface area contributed by atoms with Gasteiger partial charge in [-0.3, -0.25) is 4.79 Å². The average molecular weight is 433 g/mol. The lowest BCUT2D eigenvalue weighted by molar-refractivity contribution is 0.208. The number of aryl methyl sites for hydroxylation is 2. The number of nitrogens with one attached hydrogen (secondary N) is 2. The van der Waals surface area contributed by atoms with Gasteiger partial charge in [0.15, 0.2) is 0 Å². The number of benzene rings is 2. The number of aromatic nitrogens is 2. The highest BCUT2D eigenvalue weighted by Crippen LogP contribution is 2.25. The molecule has 0 spiro atoms. The Kier molecular flexibility index (Phi) is 6.13. The van der Waals surface area contributed by atoms with Crippen molar-refractivity contribution < 1.29 is 4.79 Å². The SMILES string of the molecule is Cc1sc2nc(CN(CCc3ccccc3)C(=O)Nc3ccccc3)[nH]c(=O)c2c1C. The van der Waals surface area contributed by atoms with Crippen molar-refractivity contribution in [2.24, 2.45) is 0 Å². The van der Waals surface area contributed by atoms with Gasteiger partial charge in [0.2, 0.25) is 0 Å². The molecule has 0 radical (unpaired) electrons. The van der Waals surface area contributed by atoms with Gasteiger partial charge in [-0.2, -0.15) is 0 Å². The van der Waals surface area contributed by atoms with Crippen molar-refractivity contribution >= 4 is 33.3 Å². The molecule has 2 heterocycles. The predicted octanol–water partition coefficient (Wildman–Crippen LogP) is 4.88. The summed E-state index contributed by atoms with van der Waals surface area (Å²) in [6.45, 7) is 4.63. The second kappa shape index (κ2) is 9.14. The van der Waals surface area contributed by atoms with Crippen LogP contribution in [0, 0.1) is 13.8 Å². The second-order valence-electron chi connectivity index (χ2n) is 7.43. The van der Waals surface area contributed by atoms with E-state index in [4.69, 9.17) is 0 Å². The highest BCUT2D eigenvalue weighted by molar-refractivity contribution is 7.18. The molecule has 6 nitrogen and oxygen atoms in total. The Labute approximate surface area is 184 Å². The summed E-state index contributed by atoms with van der Waals surface area (Å²) in [6, 6.07) is 19.1. The molecule has 0 unspecified atom stereocenters. The van der Waals surface area contributed by atoms with Crippen LogP contribution in [-0.4, -0.2) is 27.4 Å². The fraction of sp³-hybridized carbons (Fsp3) is 0.208. The molecule has 0 saturated carbocycles. The number of carbonyl (C=O) groups excluding carboxylic acids is 1. The van der Waals surface area contributed by atoms with E-state index in [2.05, 4.69) is 15.3 Å².